The molecule has 2 N–H and O–H groups in total. The molecule has 3 heterocycles. The molecule has 2 aromatic heterocycles. The number of esters is 2. The summed E-state index contributed by atoms with van der Waals surface area (Å²) in [6, 6.07) is 0. The van der Waals surface area contributed by atoms with E-state index in [-0.39, 0.29) is 12.3 Å². The third-order valence-electron chi connectivity index (χ3n) is 4.62. The number of nitrogens with one attached hydrogen (secondary N) is 2. The lowest BCUT2D eigenvalue weighted by atomic mass is 10.1. The largest absolute Gasteiger partial charge is 0.455 e. The number of carbonyl (C=O) groups excluding carboxylic acids is 2. The summed E-state index contributed by atoms with van der Waals surface area (Å²) in [6.45, 7) is 4.49. The molecule has 0 aromatic carbocycles. The molecule has 4 atom stereocenters. The molecule has 1 saturated heterocycles. The lowest BCUT2D eigenvalue weighted by Gasteiger charge is -2.23. The van der Waals surface area contributed by atoms with Crippen LogP contribution in [0, 0.1) is 12.3 Å². The smallest absolute Gasteiger partial charge is 0.303 e. The van der Waals surface area contributed by atoms with Crippen molar-refractivity contribution in [3.63, 3.8) is 0 Å². The number of anilines is 1. The highest BCUT2D eigenvalue weighted by Gasteiger charge is 2.50. The van der Waals surface area contributed by atoms with E-state index in [2.05, 4.69) is 30.9 Å². The molecule has 0 bridgehead atoms. The summed E-state index contributed by atoms with van der Waals surface area (Å²) in [6.07, 6.45) is 4.14. The average molecular weight is 481 g/mol. The minimum Gasteiger partial charge on any atom is -0.455 e. The molecule has 0 spiro atoms. The summed E-state index contributed by atoms with van der Waals surface area (Å²) in [5, 5.41) is 2.93. The Balaban J connectivity index is 1.90. The lowest BCUT2D eigenvalue weighted by molar-refractivity contribution is -0.165. The highest BCUT2D eigenvalue weighted by Crippen LogP contribution is 2.35. The zero-order chi connectivity index (χ0) is 24.2. The molecule has 0 amide bonds. The van der Waals surface area contributed by atoms with Gasteiger partial charge in [0.15, 0.2) is 41.5 Å². The number of aromatic nitrogens is 4. The van der Waals surface area contributed by atoms with E-state index >= 15 is 0 Å². The van der Waals surface area contributed by atoms with Gasteiger partial charge in [0.05, 0.1) is 12.1 Å². The fourth-order valence-electron chi connectivity index (χ4n) is 3.40. The fourth-order valence-corrected chi connectivity index (χ4v) is 4.35. The van der Waals surface area contributed by atoms with Gasteiger partial charge >= 0.3 is 11.9 Å². The van der Waals surface area contributed by atoms with Gasteiger partial charge in [0.2, 0.25) is 10.0 Å². The first-order chi connectivity index (χ1) is 15.7. The van der Waals surface area contributed by atoms with Crippen LogP contribution in [0.15, 0.2) is 12.7 Å². The normalized spacial score (nSPS) is 22.6. The summed E-state index contributed by atoms with van der Waals surface area (Å²) >= 11 is 0. The Morgan fingerprint density at radius 2 is 1.91 bits per heavy atom. The lowest BCUT2D eigenvalue weighted by Crippen LogP contribution is -2.38. The maximum atomic E-state index is 11.8. The summed E-state index contributed by atoms with van der Waals surface area (Å²) in [5.74, 6) is 1.30. The molecule has 1 fully saturated rings. The van der Waals surface area contributed by atoms with Gasteiger partial charge < -0.3 is 19.5 Å². The zero-order valence-electron chi connectivity index (χ0n) is 18.2. The van der Waals surface area contributed by atoms with Gasteiger partial charge in [0, 0.05) is 26.9 Å². The molecule has 3 rings (SSSR count). The Hall–Kier alpha value is -3.28. The number of ether oxygens (including phenoxy) is 3. The van der Waals surface area contributed by atoms with Crippen LogP contribution in [-0.4, -0.2) is 77.0 Å². The van der Waals surface area contributed by atoms with Gasteiger partial charge in [-0.1, -0.05) is 12.8 Å². The van der Waals surface area contributed by atoms with Gasteiger partial charge in [-0.15, -0.1) is 6.42 Å². The number of nitrogens with zero attached hydrogens (tertiary/aromatic N) is 4. The van der Waals surface area contributed by atoms with Crippen molar-refractivity contribution in [3.8, 4) is 12.3 Å². The summed E-state index contributed by atoms with van der Waals surface area (Å²) in [7, 11) is -3.42. The second-order valence-electron chi connectivity index (χ2n) is 7.05. The van der Waals surface area contributed by atoms with E-state index < -0.39 is 46.5 Å². The molecule has 0 radical (unpaired) electrons. The molecule has 0 saturated carbocycles. The van der Waals surface area contributed by atoms with E-state index in [0.717, 1.165) is 0 Å². The third kappa shape index (κ3) is 5.56. The second-order valence-corrected chi connectivity index (χ2v) is 8.98. The van der Waals surface area contributed by atoms with E-state index in [1.807, 2.05) is 0 Å². The highest BCUT2D eigenvalue weighted by molar-refractivity contribution is 7.89. The van der Waals surface area contributed by atoms with Crippen LogP contribution in [0.2, 0.25) is 0 Å². The molecule has 1 unspecified atom stereocenters. The van der Waals surface area contributed by atoms with Crippen molar-refractivity contribution in [2.24, 2.45) is 0 Å². The summed E-state index contributed by atoms with van der Waals surface area (Å²) < 4.78 is 44.1. The van der Waals surface area contributed by atoms with Gasteiger partial charge in [-0.3, -0.25) is 14.2 Å². The fraction of sp³-hybridized carbons (Fsp3) is 0.526. The van der Waals surface area contributed by atoms with E-state index in [1.54, 1.807) is 6.92 Å². The number of sulfonamides is 1. The molecule has 0 aliphatic carbocycles. The van der Waals surface area contributed by atoms with Crippen LogP contribution in [0.4, 0.5) is 5.82 Å². The number of terminal acetylenes is 1. The predicted molar refractivity (Wildman–Crippen MR) is 115 cm³/mol. The zero-order valence-corrected chi connectivity index (χ0v) is 19.0. The van der Waals surface area contributed by atoms with Crippen molar-refractivity contribution in [3.05, 3.63) is 12.7 Å². The number of rotatable bonds is 9. The van der Waals surface area contributed by atoms with E-state index in [1.165, 1.54) is 31.1 Å². The number of hydrogen-bond donors (Lipinski definition) is 2. The Morgan fingerprint density at radius 1 is 1.21 bits per heavy atom. The van der Waals surface area contributed by atoms with E-state index in [4.69, 9.17) is 20.6 Å². The number of hydrogen-bond acceptors (Lipinski definition) is 11. The summed E-state index contributed by atoms with van der Waals surface area (Å²) in [5.41, 5.74) is 0.639. The third-order valence-corrected chi connectivity index (χ3v) is 6.09. The SMILES string of the molecule is C#CC1O[C@@H](n2cnc3c(NCCS(=O)(=O)NCC)ncnc32)[C@H](OC(C)=O)[C@@H]1OC(C)=O. The molecule has 178 valence electrons. The van der Waals surface area contributed by atoms with Gasteiger partial charge in [-0.2, -0.15) is 0 Å². The van der Waals surface area contributed by atoms with Crippen LogP contribution in [-0.2, 0) is 33.8 Å². The van der Waals surface area contributed by atoms with Crippen molar-refractivity contribution in [2.45, 2.75) is 45.3 Å². The maximum absolute atomic E-state index is 11.8. The predicted octanol–water partition coefficient (Wildman–Crippen LogP) is -0.428. The topological polar surface area (TPSA) is 164 Å². The summed E-state index contributed by atoms with van der Waals surface area (Å²) in [4.78, 5) is 35.9. The minimum atomic E-state index is -3.42. The van der Waals surface area contributed by atoms with Crippen molar-refractivity contribution >= 4 is 38.9 Å². The highest BCUT2D eigenvalue weighted by atomic mass is 32.2. The maximum Gasteiger partial charge on any atom is 0.303 e. The van der Waals surface area contributed by atoms with Crippen molar-refractivity contribution in [1.29, 1.82) is 0 Å². The second kappa shape index (κ2) is 10.1. The van der Waals surface area contributed by atoms with Crippen molar-refractivity contribution < 1.29 is 32.2 Å². The molecule has 1 aliphatic heterocycles. The molecular weight excluding hydrogens is 456 g/mol. The van der Waals surface area contributed by atoms with Gasteiger partial charge in [0.25, 0.3) is 0 Å². The average Bonchev–Trinajstić information content (AvgIpc) is 3.29. The first-order valence-corrected chi connectivity index (χ1v) is 11.7. The Kier molecular flexibility index (Phi) is 7.46. The molecule has 2 aromatic rings. The van der Waals surface area contributed by atoms with E-state index in [9.17, 15) is 18.0 Å². The van der Waals surface area contributed by atoms with Gasteiger partial charge in [-0.25, -0.2) is 28.1 Å². The molecule has 14 heteroatoms. The van der Waals surface area contributed by atoms with Crippen LogP contribution in [0.3, 0.4) is 0 Å². The van der Waals surface area contributed by atoms with Crippen LogP contribution >= 0.6 is 0 Å². The van der Waals surface area contributed by atoms with Gasteiger partial charge in [0.1, 0.15) is 6.33 Å². The molecular formula is C19H24N6O7S. The Bertz CT molecular complexity index is 1170. The first-order valence-electron chi connectivity index (χ1n) is 10.0. The van der Waals surface area contributed by atoms with Crippen molar-refractivity contribution in [1.82, 2.24) is 24.2 Å². The first kappa shape index (κ1) is 24.4. The van der Waals surface area contributed by atoms with Crippen LogP contribution < -0.4 is 10.0 Å². The standard InChI is InChI=1S/C19H24N6O7S/c1-5-13-15(30-11(3)26)16(31-12(4)27)19(32-13)25-10-23-14-17(21-9-22-18(14)25)20-7-8-33(28,29)24-6-2/h1,9-10,13,15-16,19,24H,6-8H2,2-4H3,(H,20,21,22)/t13?,15-,16-,19-/m1/s1. The Morgan fingerprint density at radius 3 is 2.55 bits per heavy atom. The molecule has 13 nitrogen and oxygen atoms in total. The number of fused-ring (bicyclic) bond motifs is 1. The van der Waals surface area contributed by atoms with Crippen LogP contribution in [0.1, 0.15) is 27.0 Å². The van der Waals surface area contributed by atoms with E-state index in [0.29, 0.717) is 23.5 Å². The van der Waals surface area contributed by atoms with Gasteiger partial charge in [-0.05, 0) is 0 Å². The number of carbonyl (C=O) groups is 2. The molecule has 33 heavy (non-hydrogen) atoms. The quantitative estimate of drug-likeness (QED) is 0.353. The molecule has 1 aliphatic rings. The van der Waals surface area contributed by atoms with Crippen LogP contribution in [0.25, 0.3) is 11.2 Å². The Labute approximate surface area is 190 Å². The van der Waals surface area contributed by atoms with Crippen LogP contribution in [0.5, 0.6) is 0 Å². The number of imidazole rings is 1. The van der Waals surface area contributed by atoms with Crippen molar-refractivity contribution in [2.75, 3.05) is 24.2 Å². The minimum absolute atomic E-state index is 0.0814. The monoisotopic (exact) mass is 480 g/mol.